The zero-order chi connectivity index (χ0) is 12.7. The van der Waals surface area contributed by atoms with Crippen LogP contribution in [0.3, 0.4) is 0 Å². The predicted octanol–water partition coefficient (Wildman–Crippen LogP) is 2.99. The van der Waals surface area contributed by atoms with Crippen molar-refractivity contribution in [2.45, 2.75) is 20.3 Å². The highest BCUT2D eigenvalue weighted by molar-refractivity contribution is 7.99. The van der Waals surface area contributed by atoms with Crippen molar-refractivity contribution in [2.75, 3.05) is 23.8 Å². The van der Waals surface area contributed by atoms with Crippen LogP contribution >= 0.6 is 11.8 Å². The van der Waals surface area contributed by atoms with Crippen LogP contribution in [0.4, 0.5) is 5.69 Å². The van der Waals surface area contributed by atoms with E-state index in [1.54, 1.807) is 18.2 Å². The lowest BCUT2D eigenvalue weighted by molar-refractivity contribution is 0.101. The summed E-state index contributed by atoms with van der Waals surface area (Å²) in [7, 11) is 0. The van der Waals surface area contributed by atoms with E-state index >= 15 is 0 Å². The molecule has 0 heterocycles. The Morgan fingerprint density at radius 2 is 2.24 bits per heavy atom. The van der Waals surface area contributed by atoms with Crippen LogP contribution < -0.4 is 10.5 Å². The molecule has 0 radical (unpaired) electrons. The van der Waals surface area contributed by atoms with Gasteiger partial charge >= 0.3 is 0 Å². The van der Waals surface area contributed by atoms with Crippen LogP contribution in [-0.4, -0.2) is 23.9 Å². The second kappa shape index (κ2) is 7.22. The number of ketones is 1. The summed E-state index contributed by atoms with van der Waals surface area (Å²) < 4.78 is 5.61. The molecular weight excluding hydrogens is 234 g/mol. The molecule has 0 spiro atoms. The maximum atomic E-state index is 11.4. The van der Waals surface area contributed by atoms with Crippen LogP contribution in [-0.2, 0) is 0 Å². The van der Waals surface area contributed by atoms with E-state index < -0.39 is 0 Å². The van der Waals surface area contributed by atoms with E-state index in [0.29, 0.717) is 23.6 Å². The smallest absolute Gasteiger partial charge is 0.163 e. The number of hydrogen-bond acceptors (Lipinski definition) is 4. The van der Waals surface area contributed by atoms with Crippen LogP contribution in [0.25, 0.3) is 0 Å². The van der Waals surface area contributed by atoms with E-state index in [0.717, 1.165) is 17.9 Å². The third kappa shape index (κ3) is 4.69. The minimum atomic E-state index is -0.0183. The van der Waals surface area contributed by atoms with Crippen LogP contribution in [0.2, 0.25) is 0 Å². The largest absolute Gasteiger partial charge is 0.493 e. The van der Waals surface area contributed by atoms with Gasteiger partial charge in [-0.25, -0.2) is 0 Å². The normalized spacial score (nSPS) is 10.2. The van der Waals surface area contributed by atoms with Gasteiger partial charge in [0.2, 0.25) is 0 Å². The van der Waals surface area contributed by atoms with Gasteiger partial charge in [0.1, 0.15) is 5.75 Å². The van der Waals surface area contributed by atoms with Crippen LogP contribution in [0.1, 0.15) is 30.6 Å². The lowest BCUT2D eigenvalue weighted by Crippen LogP contribution is -2.04. The first-order valence-electron chi connectivity index (χ1n) is 5.76. The number of hydrogen-bond donors (Lipinski definition) is 1. The Balaban J connectivity index is 2.55. The molecule has 4 heteroatoms. The van der Waals surface area contributed by atoms with Gasteiger partial charge in [0.05, 0.1) is 12.2 Å². The van der Waals surface area contributed by atoms with Crippen molar-refractivity contribution in [3.8, 4) is 5.75 Å². The summed E-state index contributed by atoms with van der Waals surface area (Å²) in [5, 5.41) is 0. The van der Waals surface area contributed by atoms with Gasteiger partial charge in [0.15, 0.2) is 5.78 Å². The molecule has 0 saturated carbocycles. The average Bonchev–Trinajstić information content (AvgIpc) is 2.30. The molecule has 1 rings (SSSR count). The van der Waals surface area contributed by atoms with E-state index in [2.05, 4.69) is 6.92 Å². The molecule has 1 aromatic rings. The molecule has 0 atom stereocenters. The van der Waals surface area contributed by atoms with Gasteiger partial charge < -0.3 is 10.5 Å². The molecule has 0 amide bonds. The van der Waals surface area contributed by atoms with Crippen LogP contribution in [0, 0.1) is 0 Å². The van der Waals surface area contributed by atoms with E-state index in [9.17, 15) is 4.79 Å². The lowest BCUT2D eigenvalue weighted by Gasteiger charge is -2.10. The Labute approximate surface area is 107 Å². The molecular formula is C13H19NO2S. The van der Waals surface area contributed by atoms with Crippen molar-refractivity contribution in [1.29, 1.82) is 0 Å². The summed E-state index contributed by atoms with van der Waals surface area (Å²) in [6.45, 7) is 4.30. The SMILES string of the molecule is CCSCCCOc1ccc(N)cc1C(C)=O. The van der Waals surface area contributed by atoms with Gasteiger partial charge in [-0.15, -0.1) is 0 Å². The Kier molecular flexibility index (Phi) is 5.91. The first-order valence-corrected chi connectivity index (χ1v) is 6.91. The number of anilines is 1. The number of Topliss-reactive ketones (excluding diaryl/α,β-unsaturated/α-hetero) is 1. The van der Waals surface area contributed by atoms with Gasteiger partial charge in [-0.2, -0.15) is 11.8 Å². The Morgan fingerprint density at radius 1 is 1.47 bits per heavy atom. The number of carbonyl (C=O) groups is 1. The van der Waals surface area contributed by atoms with Crippen molar-refractivity contribution in [1.82, 2.24) is 0 Å². The summed E-state index contributed by atoms with van der Waals surface area (Å²) in [6, 6.07) is 5.18. The van der Waals surface area contributed by atoms with Crippen LogP contribution in [0.15, 0.2) is 18.2 Å². The summed E-state index contributed by atoms with van der Waals surface area (Å²) >= 11 is 1.89. The predicted molar refractivity (Wildman–Crippen MR) is 74.0 cm³/mol. The van der Waals surface area contributed by atoms with Crippen LogP contribution in [0.5, 0.6) is 5.75 Å². The van der Waals surface area contributed by atoms with Crippen molar-refractivity contribution < 1.29 is 9.53 Å². The third-order valence-corrected chi connectivity index (χ3v) is 3.26. The van der Waals surface area contributed by atoms with Gasteiger partial charge in [0, 0.05) is 5.69 Å². The molecule has 0 bridgehead atoms. The molecule has 0 unspecified atom stereocenters. The summed E-state index contributed by atoms with van der Waals surface area (Å²) in [6.07, 6.45) is 0.986. The second-order valence-corrected chi connectivity index (χ2v) is 5.10. The minimum absolute atomic E-state index is 0.0183. The van der Waals surface area contributed by atoms with Crippen molar-refractivity contribution in [3.63, 3.8) is 0 Å². The number of rotatable bonds is 7. The number of nitrogen functional groups attached to an aromatic ring is 1. The molecule has 2 N–H and O–H groups in total. The molecule has 0 aromatic heterocycles. The summed E-state index contributed by atoms with van der Waals surface area (Å²) in [5.41, 5.74) is 6.80. The zero-order valence-corrected chi connectivity index (χ0v) is 11.2. The van der Waals surface area contributed by atoms with Gasteiger partial charge in [-0.05, 0) is 43.0 Å². The molecule has 17 heavy (non-hydrogen) atoms. The second-order valence-electron chi connectivity index (χ2n) is 3.71. The van der Waals surface area contributed by atoms with E-state index in [1.165, 1.54) is 6.92 Å². The maximum absolute atomic E-state index is 11.4. The number of carbonyl (C=O) groups excluding carboxylic acids is 1. The quantitative estimate of drug-likeness (QED) is 0.461. The highest BCUT2D eigenvalue weighted by atomic mass is 32.2. The monoisotopic (exact) mass is 253 g/mol. The maximum Gasteiger partial charge on any atom is 0.163 e. The summed E-state index contributed by atoms with van der Waals surface area (Å²) in [5.74, 6) is 2.82. The summed E-state index contributed by atoms with van der Waals surface area (Å²) in [4.78, 5) is 11.4. The number of benzene rings is 1. The molecule has 0 aliphatic carbocycles. The van der Waals surface area contributed by atoms with Gasteiger partial charge in [-0.3, -0.25) is 4.79 Å². The Hall–Kier alpha value is -1.16. The molecule has 94 valence electrons. The number of thioether (sulfide) groups is 1. The highest BCUT2D eigenvalue weighted by Gasteiger charge is 2.08. The molecule has 0 aliphatic rings. The molecule has 0 fully saturated rings. The average molecular weight is 253 g/mol. The zero-order valence-electron chi connectivity index (χ0n) is 10.4. The van der Waals surface area contributed by atoms with Gasteiger partial charge in [0.25, 0.3) is 0 Å². The topological polar surface area (TPSA) is 52.3 Å². The minimum Gasteiger partial charge on any atom is -0.493 e. The van der Waals surface area contributed by atoms with E-state index in [4.69, 9.17) is 10.5 Å². The highest BCUT2D eigenvalue weighted by Crippen LogP contribution is 2.22. The fourth-order valence-corrected chi connectivity index (χ4v) is 2.05. The fraction of sp³-hybridized carbons (Fsp3) is 0.462. The molecule has 0 aliphatic heterocycles. The first kappa shape index (κ1) is 13.9. The lowest BCUT2D eigenvalue weighted by atomic mass is 10.1. The van der Waals surface area contributed by atoms with E-state index in [-0.39, 0.29) is 5.78 Å². The fourth-order valence-electron chi connectivity index (χ4n) is 1.44. The first-order chi connectivity index (χ1) is 8.15. The molecule has 3 nitrogen and oxygen atoms in total. The van der Waals surface area contributed by atoms with E-state index in [1.807, 2.05) is 11.8 Å². The number of nitrogens with two attached hydrogens (primary N) is 1. The van der Waals surface area contributed by atoms with Crippen molar-refractivity contribution in [3.05, 3.63) is 23.8 Å². The number of ether oxygens (including phenoxy) is 1. The van der Waals surface area contributed by atoms with Gasteiger partial charge in [-0.1, -0.05) is 6.92 Å². The van der Waals surface area contributed by atoms with Crippen molar-refractivity contribution >= 4 is 23.2 Å². The third-order valence-electron chi connectivity index (χ3n) is 2.28. The molecule has 1 aromatic carbocycles. The van der Waals surface area contributed by atoms with Crippen molar-refractivity contribution in [2.24, 2.45) is 0 Å². The molecule has 0 saturated heterocycles. The Bertz CT molecular complexity index is 380. The Morgan fingerprint density at radius 3 is 2.88 bits per heavy atom. The standard InChI is InChI=1S/C13H19NO2S/c1-3-17-8-4-7-16-13-6-5-11(14)9-12(13)10(2)15/h5-6,9H,3-4,7-8,14H2,1-2H3.